The number of carbonyl (C=O) groups is 1. The molecule has 1 amide bonds. The number of aromatic nitrogens is 2. The highest BCUT2D eigenvalue weighted by Crippen LogP contribution is 2.30. The second-order valence-corrected chi connectivity index (χ2v) is 7.10. The maximum atomic E-state index is 12.8. The lowest BCUT2D eigenvalue weighted by Crippen LogP contribution is -2.39. The van der Waals surface area contributed by atoms with Gasteiger partial charge in [-0.1, -0.05) is 0 Å². The SMILES string of the molecule is Cc1csc([C@@H]2CCCN(C(=O)c3ccnc(N(C)C)c3)C2)n1. The van der Waals surface area contributed by atoms with E-state index in [1.54, 1.807) is 23.6 Å². The molecule has 1 fully saturated rings. The van der Waals surface area contributed by atoms with E-state index in [1.165, 1.54) is 0 Å². The van der Waals surface area contributed by atoms with Crippen LogP contribution in [0.2, 0.25) is 0 Å². The molecule has 2 aromatic heterocycles. The van der Waals surface area contributed by atoms with Gasteiger partial charge in [0.1, 0.15) is 5.82 Å². The van der Waals surface area contributed by atoms with E-state index in [0.29, 0.717) is 11.5 Å². The summed E-state index contributed by atoms with van der Waals surface area (Å²) in [6.45, 7) is 3.59. The quantitative estimate of drug-likeness (QED) is 0.868. The molecule has 3 rings (SSSR count). The molecule has 5 nitrogen and oxygen atoms in total. The van der Waals surface area contributed by atoms with Crippen molar-refractivity contribution in [1.82, 2.24) is 14.9 Å². The predicted octanol–water partition coefficient (Wildman–Crippen LogP) is 2.93. The minimum Gasteiger partial charge on any atom is -0.363 e. The van der Waals surface area contributed by atoms with Gasteiger partial charge in [-0.3, -0.25) is 4.79 Å². The zero-order valence-electron chi connectivity index (χ0n) is 13.8. The molecular weight excluding hydrogens is 308 g/mol. The summed E-state index contributed by atoms with van der Waals surface area (Å²) in [5.41, 5.74) is 1.78. The van der Waals surface area contributed by atoms with Crippen molar-refractivity contribution in [2.45, 2.75) is 25.7 Å². The third-order valence-electron chi connectivity index (χ3n) is 4.15. The summed E-state index contributed by atoms with van der Waals surface area (Å²) in [5, 5.41) is 3.24. The number of anilines is 1. The van der Waals surface area contributed by atoms with Gasteiger partial charge in [-0.2, -0.15) is 0 Å². The molecule has 1 aliphatic heterocycles. The van der Waals surface area contributed by atoms with Gasteiger partial charge in [0.05, 0.1) is 5.01 Å². The molecule has 0 unspecified atom stereocenters. The van der Waals surface area contributed by atoms with E-state index < -0.39 is 0 Å². The first-order valence-electron chi connectivity index (χ1n) is 7.89. The Balaban J connectivity index is 1.75. The van der Waals surface area contributed by atoms with Crippen LogP contribution in [0.5, 0.6) is 0 Å². The lowest BCUT2D eigenvalue weighted by molar-refractivity contribution is 0.0707. The first-order chi connectivity index (χ1) is 11.0. The van der Waals surface area contributed by atoms with Gasteiger partial charge in [-0.25, -0.2) is 9.97 Å². The standard InChI is InChI=1S/C17H22N4OS/c1-12-11-23-16(19-12)14-5-4-8-21(10-14)17(22)13-6-7-18-15(9-13)20(2)3/h6-7,9,11,14H,4-5,8,10H2,1-3H3/t14-/m1/s1. The van der Waals surface area contributed by atoms with Crippen LogP contribution in [0.4, 0.5) is 5.82 Å². The molecule has 1 atom stereocenters. The highest BCUT2D eigenvalue weighted by atomic mass is 32.1. The number of aryl methyl sites for hydroxylation is 1. The minimum atomic E-state index is 0.0912. The topological polar surface area (TPSA) is 49.3 Å². The minimum absolute atomic E-state index is 0.0912. The fraction of sp³-hybridized carbons (Fsp3) is 0.471. The summed E-state index contributed by atoms with van der Waals surface area (Å²) in [5.74, 6) is 1.26. The van der Waals surface area contributed by atoms with E-state index in [9.17, 15) is 4.79 Å². The first-order valence-corrected chi connectivity index (χ1v) is 8.77. The van der Waals surface area contributed by atoms with Crippen LogP contribution in [-0.4, -0.2) is 48.0 Å². The molecule has 3 heterocycles. The molecule has 1 saturated heterocycles. The molecule has 1 aliphatic rings. The van der Waals surface area contributed by atoms with Crippen molar-refractivity contribution < 1.29 is 4.79 Å². The Bertz CT molecular complexity index is 697. The molecule has 0 saturated carbocycles. The Morgan fingerprint density at radius 1 is 1.43 bits per heavy atom. The molecule has 0 spiro atoms. The molecule has 122 valence electrons. The highest BCUT2D eigenvalue weighted by molar-refractivity contribution is 7.09. The number of rotatable bonds is 3. The van der Waals surface area contributed by atoms with Crippen molar-refractivity contribution in [3.05, 3.63) is 40.0 Å². The van der Waals surface area contributed by atoms with E-state index >= 15 is 0 Å². The van der Waals surface area contributed by atoms with E-state index in [1.807, 2.05) is 36.9 Å². The maximum Gasteiger partial charge on any atom is 0.254 e. The van der Waals surface area contributed by atoms with Gasteiger partial charge in [0.2, 0.25) is 0 Å². The van der Waals surface area contributed by atoms with Gasteiger partial charge in [0.25, 0.3) is 5.91 Å². The summed E-state index contributed by atoms with van der Waals surface area (Å²) >= 11 is 1.71. The van der Waals surface area contributed by atoms with E-state index in [0.717, 1.165) is 42.5 Å². The number of piperidine rings is 1. The molecule has 2 aromatic rings. The van der Waals surface area contributed by atoms with Crippen LogP contribution in [0.1, 0.15) is 39.8 Å². The Morgan fingerprint density at radius 2 is 2.26 bits per heavy atom. The number of amides is 1. The van der Waals surface area contributed by atoms with Crippen LogP contribution in [0.25, 0.3) is 0 Å². The van der Waals surface area contributed by atoms with Crippen molar-refractivity contribution in [2.75, 3.05) is 32.1 Å². The number of hydrogen-bond acceptors (Lipinski definition) is 5. The van der Waals surface area contributed by atoms with Crippen LogP contribution in [0, 0.1) is 6.92 Å². The third-order valence-corrected chi connectivity index (χ3v) is 5.27. The largest absolute Gasteiger partial charge is 0.363 e. The summed E-state index contributed by atoms with van der Waals surface area (Å²) < 4.78 is 0. The summed E-state index contributed by atoms with van der Waals surface area (Å²) in [6, 6.07) is 3.66. The van der Waals surface area contributed by atoms with Crippen LogP contribution in [0.3, 0.4) is 0 Å². The Kier molecular flexibility index (Phi) is 4.61. The lowest BCUT2D eigenvalue weighted by Gasteiger charge is -2.32. The molecule has 0 aliphatic carbocycles. The molecule has 6 heteroatoms. The molecule has 0 aromatic carbocycles. The Morgan fingerprint density at radius 3 is 2.96 bits per heavy atom. The fourth-order valence-electron chi connectivity index (χ4n) is 2.90. The number of nitrogens with zero attached hydrogens (tertiary/aromatic N) is 4. The first kappa shape index (κ1) is 15.9. The van der Waals surface area contributed by atoms with Crippen LogP contribution in [0.15, 0.2) is 23.7 Å². The van der Waals surface area contributed by atoms with Crippen LogP contribution in [-0.2, 0) is 0 Å². The highest BCUT2D eigenvalue weighted by Gasteiger charge is 2.27. The van der Waals surface area contributed by atoms with E-state index in [-0.39, 0.29) is 5.91 Å². The van der Waals surface area contributed by atoms with Gasteiger partial charge in [0, 0.05) is 55.9 Å². The number of likely N-dealkylation sites (tertiary alicyclic amines) is 1. The summed E-state index contributed by atoms with van der Waals surface area (Å²) in [7, 11) is 3.86. The smallest absolute Gasteiger partial charge is 0.254 e. The zero-order chi connectivity index (χ0) is 16.4. The second kappa shape index (κ2) is 6.66. The number of hydrogen-bond donors (Lipinski definition) is 0. The molecular formula is C17H22N4OS. The normalized spacial score (nSPS) is 18.0. The van der Waals surface area contributed by atoms with Gasteiger partial charge in [-0.15, -0.1) is 11.3 Å². The predicted molar refractivity (Wildman–Crippen MR) is 93.3 cm³/mol. The van der Waals surface area contributed by atoms with Crippen molar-refractivity contribution in [3.8, 4) is 0 Å². The number of thiazole rings is 1. The number of pyridine rings is 1. The van der Waals surface area contributed by atoms with Crippen LogP contribution < -0.4 is 4.90 Å². The Hall–Kier alpha value is -1.95. The average molecular weight is 330 g/mol. The fourth-order valence-corrected chi connectivity index (χ4v) is 3.83. The Labute approximate surface area is 141 Å². The molecule has 23 heavy (non-hydrogen) atoms. The van der Waals surface area contributed by atoms with Crippen molar-refractivity contribution in [2.24, 2.45) is 0 Å². The molecule has 0 bridgehead atoms. The maximum absolute atomic E-state index is 12.8. The van der Waals surface area contributed by atoms with E-state index in [2.05, 4.69) is 15.3 Å². The van der Waals surface area contributed by atoms with Crippen LogP contribution >= 0.6 is 11.3 Å². The third kappa shape index (κ3) is 3.52. The van der Waals surface area contributed by atoms with Gasteiger partial charge in [-0.05, 0) is 31.9 Å². The molecule has 0 N–H and O–H groups in total. The zero-order valence-corrected chi connectivity index (χ0v) is 14.6. The van der Waals surface area contributed by atoms with Gasteiger partial charge in [0.15, 0.2) is 0 Å². The second-order valence-electron chi connectivity index (χ2n) is 6.21. The van der Waals surface area contributed by atoms with Gasteiger partial charge >= 0.3 is 0 Å². The van der Waals surface area contributed by atoms with Crippen molar-refractivity contribution in [3.63, 3.8) is 0 Å². The van der Waals surface area contributed by atoms with Crippen molar-refractivity contribution in [1.29, 1.82) is 0 Å². The lowest BCUT2D eigenvalue weighted by atomic mass is 9.98. The number of carbonyl (C=O) groups excluding carboxylic acids is 1. The summed E-state index contributed by atoms with van der Waals surface area (Å²) in [4.78, 5) is 25.6. The van der Waals surface area contributed by atoms with Crippen molar-refractivity contribution >= 4 is 23.1 Å². The molecule has 0 radical (unpaired) electrons. The monoisotopic (exact) mass is 330 g/mol. The average Bonchev–Trinajstić information content (AvgIpc) is 3.01. The van der Waals surface area contributed by atoms with Gasteiger partial charge < -0.3 is 9.80 Å². The summed E-state index contributed by atoms with van der Waals surface area (Å²) in [6.07, 6.45) is 3.84. The van der Waals surface area contributed by atoms with E-state index in [4.69, 9.17) is 0 Å².